The van der Waals surface area contributed by atoms with Crippen LogP contribution >= 0.6 is 11.6 Å². The zero-order valence-electron chi connectivity index (χ0n) is 21.4. The first-order valence-electron chi connectivity index (χ1n) is 11.6. The summed E-state index contributed by atoms with van der Waals surface area (Å²) in [5.74, 6) is 0.135. The quantitative estimate of drug-likeness (QED) is 0.275. The lowest BCUT2D eigenvalue weighted by Crippen LogP contribution is -2.54. The van der Waals surface area contributed by atoms with Gasteiger partial charge in [0.15, 0.2) is 0 Å². The fraction of sp³-hybridized carbons (Fsp3) is 0.370. The van der Waals surface area contributed by atoms with E-state index in [1.165, 1.54) is 19.2 Å². The van der Waals surface area contributed by atoms with Gasteiger partial charge in [0.05, 0.1) is 41.8 Å². The van der Waals surface area contributed by atoms with Gasteiger partial charge in [-0.15, -0.1) is 0 Å². The van der Waals surface area contributed by atoms with Gasteiger partial charge in [0.1, 0.15) is 25.7 Å². The van der Waals surface area contributed by atoms with Crippen LogP contribution in [0.15, 0.2) is 48.7 Å². The Morgan fingerprint density at radius 3 is 2.40 bits per heavy atom. The highest BCUT2D eigenvalue weighted by atomic mass is 35.5. The predicted molar refractivity (Wildman–Crippen MR) is 143 cm³/mol. The normalized spacial score (nSPS) is 13.3. The number of nitrogens with zero attached hydrogens (tertiary/aromatic N) is 2. The summed E-state index contributed by atoms with van der Waals surface area (Å²) in [6.45, 7) is 13.5. The minimum atomic E-state index is -2.23. The molecular weight excluding hydrogens is 483 g/mol. The Bertz CT molecular complexity index is 1200. The molecule has 1 aromatic heterocycles. The molecule has 0 amide bonds. The monoisotopic (exact) mass is 516 g/mol. The smallest absolute Gasteiger partial charge is 0.137 e. The van der Waals surface area contributed by atoms with Crippen LogP contribution in [0.5, 0.6) is 5.75 Å². The van der Waals surface area contributed by atoms with E-state index >= 15 is 0 Å². The summed E-state index contributed by atoms with van der Waals surface area (Å²) in [6, 6.07) is 11.4. The summed E-state index contributed by atoms with van der Waals surface area (Å²) in [7, 11) is -0.693. The molecule has 0 radical (unpaired) electrons. The number of aromatic nitrogens is 2. The third kappa shape index (κ3) is 5.47. The number of hydrogen-bond acceptors (Lipinski definition) is 4. The van der Waals surface area contributed by atoms with E-state index in [1.54, 1.807) is 42.7 Å². The molecule has 0 saturated heterocycles. The maximum atomic E-state index is 13.9. The van der Waals surface area contributed by atoms with Gasteiger partial charge in [0.25, 0.3) is 0 Å². The summed E-state index contributed by atoms with van der Waals surface area (Å²) in [4.78, 5) is 5.07. The van der Waals surface area contributed by atoms with Crippen LogP contribution in [0.1, 0.15) is 50.8 Å². The largest absolute Gasteiger partial charge is 0.501 e. The lowest BCUT2D eigenvalue weighted by Gasteiger charge is -2.36. The highest BCUT2D eigenvalue weighted by molar-refractivity contribution is 6.91. The first-order chi connectivity index (χ1) is 16.4. The SMILES string of the molecule is CCO/C=C\c1nc([Si](C)(C)C(C)(C)C)n(-c2ccc(F)cc2)c1C(O)c1ccc(Cl)c(OC)c1. The van der Waals surface area contributed by atoms with Crippen LogP contribution in [0.25, 0.3) is 11.8 Å². The summed E-state index contributed by atoms with van der Waals surface area (Å²) in [6.07, 6.45) is 2.30. The molecule has 1 unspecified atom stereocenters. The van der Waals surface area contributed by atoms with Crippen LogP contribution in [0.2, 0.25) is 23.2 Å². The topological polar surface area (TPSA) is 56.5 Å². The van der Waals surface area contributed by atoms with E-state index in [9.17, 15) is 9.50 Å². The molecule has 5 nitrogen and oxygen atoms in total. The van der Waals surface area contributed by atoms with Gasteiger partial charge in [-0.25, -0.2) is 9.37 Å². The number of hydrogen-bond donors (Lipinski definition) is 1. The van der Waals surface area contributed by atoms with E-state index in [2.05, 4.69) is 33.9 Å². The molecule has 0 spiro atoms. The summed E-state index contributed by atoms with van der Waals surface area (Å²) in [5, 5.41) is 12.1. The molecule has 3 aromatic rings. The third-order valence-electron chi connectivity index (χ3n) is 6.70. The second-order valence-corrected chi connectivity index (χ2v) is 15.6. The summed E-state index contributed by atoms with van der Waals surface area (Å²) in [5.41, 5.74) is 3.36. The molecule has 35 heavy (non-hydrogen) atoms. The van der Waals surface area contributed by atoms with E-state index in [0.717, 1.165) is 11.1 Å². The second-order valence-electron chi connectivity index (χ2n) is 9.95. The zero-order chi connectivity index (χ0) is 26.0. The number of halogens is 2. The zero-order valence-corrected chi connectivity index (χ0v) is 23.2. The molecule has 0 aliphatic rings. The fourth-order valence-corrected chi connectivity index (χ4v) is 5.73. The van der Waals surface area contributed by atoms with E-state index in [0.29, 0.717) is 34.3 Å². The molecule has 1 heterocycles. The van der Waals surface area contributed by atoms with Gasteiger partial charge in [-0.3, -0.25) is 0 Å². The number of ether oxygens (including phenoxy) is 2. The van der Waals surface area contributed by atoms with Crippen molar-refractivity contribution in [3.05, 3.63) is 76.5 Å². The van der Waals surface area contributed by atoms with E-state index < -0.39 is 14.2 Å². The summed E-state index contributed by atoms with van der Waals surface area (Å²) < 4.78 is 26.7. The number of benzene rings is 2. The molecule has 1 atom stereocenters. The van der Waals surface area contributed by atoms with Gasteiger partial charge < -0.3 is 19.1 Å². The van der Waals surface area contributed by atoms with Crippen molar-refractivity contribution in [1.29, 1.82) is 0 Å². The molecule has 0 aliphatic heterocycles. The van der Waals surface area contributed by atoms with Crippen molar-refractivity contribution in [2.24, 2.45) is 0 Å². The lowest BCUT2D eigenvalue weighted by molar-refractivity contribution is 0.212. The number of aliphatic hydroxyl groups is 1. The van der Waals surface area contributed by atoms with Gasteiger partial charge in [0.2, 0.25) is 0 Å². The Morgan fingerprint density at radius 2 is 1.83 bits per heavy atom. The second kappa shape index (κ2) is 10.6. The van der Waals surface area contributed by atoms with E-state index in [1.807, 2.05) is 11.5 Å². The van der Waals surface area contributed by atoms with Crippen LogP contribution in [0, 0.1) is 5.82 Å². The van der Waals surface area contributed by atoms with Crippen LogP contribution < -0.4 is 10.2 Å². The van der Waals surface area contributed by atoms with Gasteiger partial charge >= 0.3 is 0 Å². The van der Waals surface area contributed by atoms with Crippen LogP contribution in [0.3, 0.4) is 0 Å². The van der Waals surface area contributed by atoms with Gasteiger partial charge in [0, 0.05) is 11.8 Å². The highest BCUT2D eigenvalue weighted by Crippen LogP contribution is 2.38. The molecule has 0 saturated carbocycles. The molecule has 188 valence electrons. The third-order valence-corrected chi connectivity index (χ3v) is 12.2. The fourth-order valence-electron chi connectivity index (χ4n) is 3.65. The standard InChI is InChI=1S/C27H34ClFN2O3Si/c1-8-34-16-15-22-24(25(32)18-9-14-21(28)23(17-18)33-5)31(20-12-10-19(29)11-13-20)26(30-22)35(6,7)27(2,3)4/h9-17,25,32H,8H2,1-7H3/b16-15-. The Morgan fingerprint density at radius 1 is 1.17 bits per heavy atom. The maximum Gasteiger partial charge on any atom is 0.137 e. The molecule has 1 N–H and O–H groups in total. The Hall–Kier alpha value is -2.61. The van der Waals surface area contributed by atoms with E-state index in [4.69, 9.17) is 26.1 Å². The number of imidazole rings is 1. The van der Waals surface area contributed by atoms with Gasteiger partial charge in [-0.1, -0.05) is 51.5 Å². The van der Waals surface area contributed by atoms with Crippen molar-refractivity contribution in [3.63, 3.8) is 0 Å². The van der Waals surface area contributed by atoms with E-state index in [-0.39, 0.29) is 10.9 Å². The average molecular weight is 517 g/mol. The Labute approximate surface area is 213 Å². The molecule has 0 aliphatic carbocycles. The van der Waals surface area contributed by atoms with Gasteiger partial charge in [-0.2, -0.15) is 0 Å². The lowest BCUT2D eigenvalue weighted by atomic mass is 10.0. The molecular formula is C27H34ClFN2O3Si. The Balaban J connectivity index is 2.37. The first-order valence-corrected chi connectivity index (χ1v) is 15.0. The number of aliphatic hydroxyl groups excluding tert-OH is 1. The van der Waals surface area contributed by atoms with Crippen molar-refractivity contribution >= 4 is 31.2 Å². The maximum absolute atomic E-state index is 13.9. The highest BCUT2D eigenvalue weighted by Gasteiger charge is 2.43. The first kappa shape index (κ1) is 27.0. The predicted octanol–water partition coefficient (Wildman–Crippen LogP) is 6.48. The molecule has 8 heteroatoms. The molecule has 3 rings (SSSR count). The minimum absolute atomic E-state index is 0.0389. The average Bonchev–Trinajstić information content (AvgIpc) is 3.19. The van der Waals surface area contributed by atoms with Gasteiger partial charge in [-0.05, 0) is 53.9 Å². The van der Waals surface area contributed by atoms with Crippen LogP contribution in [-0.2, 0) is 4.74 Å². The minimum Gasteiger partial charge on any atom is -0.501 e. The molecule has 0 bridgehead atoms. The van der Waals surface area contributed by atoms with Crippen molar-refractivity contribution in [2.75, 3.05) is 13.7 Å². The Kier molecular flexibility index (Phi) is 8.14. The number of rotatable bonds is 8. The molecule has 2 aromatic carbocycles. The molecule has 0 fully saturated rings. The van der Waals surface area contributed by atoms with Crippen LogP contribution in [-0.4, -0.2) is 36.4 Å². The van der Waals surface area contributed by atoms with Crippen molar-refractivity contribution in [1.82, 2.24) is 9.55 Å². The van der Waals surface area contributed by atoms with Crippen molar-refractivity contribution < 1.29 is 19.0 Å². The van der Waals surface area contributed by atoms with Crippen molar-refractivity contribution in [3.8, 4) is 11.4 Å². The van der Waals surface area contributed by atoms with Crippen LogP contribution in [0.4, 0.5) is 4.39 Å². The number of methoxy groups -OCH3 is 1. The van der Waals surface area contributed by atoms with Crippen molar-refractivity contribution in [2.45, 2.75) is 51.9 Å². The summed E-state index contributed by atoms with van der Waals surface area (Å²) >= 11 is 6.24.